The maximum Gasteiger partial charge on any atom is 0.416 e. The summed E-state index contributed by atoms with van der Waals surface area (Å²) in [5, 5.41) is 5.26. The first-order valence-electron chi connectivity index (χ1n) is 15.1. The summed E-state index contributed by atoms with van der Waals surface area (Å²) in [4.78, 5) is 54.7. The fraction of sp³-hybridized carbons (Fsp3) is 0.515. The molecule has 0 spiro atoms. The molecule has 45 heavy (non-hydrogen) atoms. The van der Waals surface area contributed by atoms with Crippen molar-refractivity contribution in [2.45, 2.75) is 96.8 Å². The molecule has 3 amide bonds. The number of benzene rings is 2. The van der Waals surface area contributed by atoms with Gasteiger partial charge in [-0.15, -0.1) is 0 Å². The smallest absolute Gasteiger partial charge is 0.416 e. The Kier molecular flexibility index (Phi) is 12.0. The van der Waals surface area contributed by atoms with Crippen molar-refractivity contribution in [2.75, 3.05) is 6.54 Å². The Labute approximate surface area is 261 Å². The molecule has 1 fully saturated rings. The van der Waals surface area contributed by atoms with E-state index in [4.69, 9.17) is 9.47 Å². The first-order valence-corrected chi connectivity index (χ1v) is 15.1. The lowest BCUT2D eigenvalue weighted by atomic mass is 9.96. The molecule has 12 heteroatoms. The highest BCUT2D eigenvalue weighted by Crippen LogP contribution is 2.29. The number of hydrogen-bond donors (Lipinski definition) is 2. The number of halogens is 3. The molecule has 246 valence electrons. The molecule has 2 N–H and O–H groups in total. The van der Waals surface area contributed by atoms with Gasteiger partial charge in [0.15, 0.2) is 0 Å². The normalized spacial score (nSPS) is 17.2. The molecule has 0 aromatic heterocycles. The van der Waals surface area contributed by atoms with Crippen molar-refractivity contribution in [3.8, 4) is 0 Å². The van der Waals surface area contributed by atoms with Gasteiger partial charge in [0.2, 0.25) is 11.8 Å². The third kappa shape index (κ3) is 10.5. The van der Waals surface area contributed by atoms with Crippen molar-refractivity contribution >= 4 is 23.9 Å². The summed E-state index contributed by atoms with van der Waals surface area (Å²) in [5.41, 5.74) is -0.569. The highest BCUT2D eigenvalue weighted by atomic mass is 19.4. The number of hydrogen-bond acceptors (Lipinski definition) is 6. The quantitative estimate of drug-likeness (QED) is 0.320. The van der Waals surface area contributed by atoms with Crippen LogP contribution in [0.2, 0.25) is 0 Å². The largest absolute Gasteiger partial charge is 0.459 e. The van der Waals surface area contributed by atoms with Crippen LogP contribution in [0, 0.1) is 5.92 Å². The zero-order chi connectivity index (χ0) is 33.4. The third-order valence-corrected chi connectivity index (χ3v) is 7.54. The summed E-state index contributed by atoms with van der Waals surface area (Å²) in [6, 6.07) is 10.3. The van der Waals surface area contributed by atoms with Gasteiger partial charge in [0.05, 0.1) is 5.56 Å². The van der Waals surface area contributed by atoms with Crippen LogP contribution in [-0.4, -0.2) is 59.0 Å². The number of nitrogens with zero attached hydrogens (tertiary/aromatic N) is 1. The van der Waals surface area contributed by atoms with Gasteiger partial charge in [0.25, 0.3) is 0 Å². The molecule has 0 radical (unpaired) electrons. The van der Waals surface area contributed by atoms with Crippen molar-refractivity contribution in [2.24, 2.45) is 5.92 Å². The SMILES string of the molecule is CCC(C)[C@@H](NC(=O)[C@H](Cc1ccc(C(F)(F)F)cc1)NC(=O)OC(C)(C)C)C(=O)N1CCC[C@@H]1C(=O)OCc1ccccc1. The maximum absolute atomic E-state index is 13.9. The predicted octanol–water partition coefficient (Wildman–Crippen LogP) is 5.41. The van der Waals surface area contributed by atoms with Crippen LogP contribution >= 0.6 is 0 Å². The molecule has 0 aliphatic carbocycles. The minimum atomic E-state index is -4.53. The van der Waals surface area contributed by atoms with Crippen LogP contribution in [0.1, 0.15) is 70.6 Å². The molecule has 3 rings (SSSR count). The lowest BCUT2D eigenvalue weighted by Gasteiger charge is -2.32. The van der Waals surface area contributed by atoms with Crippen LogP contribution in [0.5, 0.6) is 0 Å². The second kappa shape index (κ2) is 15.3. The summed E-state index contributed by atoms with van der Waals surface area (Å²) >= 11 is 0. The van der Waals surface area contributed by atoms with Crippen molar-refractivity contribution in [3.63, 3.8) is 0 Å². The van der Waals surface area contributed by atoms with E-state index in [1.54, 1.807) is 27.7 Å². The maximum atomic E-state index is 13.9. The molecule has 9 nitrogen and oxygen atoms in total. The van der Waals surface area contributed by atoms with E-state index in [9.17, 15) is 32.3 Å². The highest BCUT2D eigenvalue weighted by Gasteiger charge is 2.41. The van der Waals surface area contributed by atoms with E-state index in [1.807, 2.05) is 37.3 Å². The average molecular weight is 634 g/mol. The molecule has 2 aromatic carbocycles. The number of ether oxygens (including phenoxy) is 2. The predicted molar refractivity (Wildman–Crippen MR) is 161 cm³/mol. The number of amides is 3. The molecule has 2 aromatic rings. The Morgan fingerprint density at radius 1 is 0.956 bits per heavy atom. The van der Waals surface area contributed by atoms with Gasteiger partial charge in [-0.3, -0.25) is 9.59 Å². The first-order chi connectivity index (χ1) is 21.1. The fourth-order valence-corrected chi connectivity index (χ4v) is 4.94. The Balaban J connectivity index is 1.79. The van der Waals surface area contributed by atoms with E-state index in [0.717, 1.165) is 17.7 Å². The molecule has 0 saturated carbocycles. The van der Waals surface area contributed by atoms with Gasteiger partial charge in [-0.25, -0.2) is 9.59 Å². The lowest BCUT2D eigenvalue weighted by molar-refractivity contribution is -0.155. The molecule has 1 saturated heterocycles. The summed E-state index contributed by atoms with van der Waals surface area (Å²) < 4.78 is 50.1. The average Bonchev–Trinajstić information content (AvgIpc) is 3.47. The Hall–Kier alpha value is -4.09. The molecule has 0 bridgehead atoms. The topological polar surface area (TPSA) is 114 Å². The van der Waals surface area contributed by atoms with Gasteiger partial charge in [0.1, 0.15) is 30.3 Å². The second-order valence-corrected chi connectivity index (χ2v) is 12.3. The number of nitrogens with one attached hydrogen (secondary N) is 2. The number of carbonyl (C=O) groups is 4. The summed E-state index contributed by atoms with van der Waals surface area (Å²) in [5.74, 6) is -2.06. The minimum Gasteiger partial charge on any atom is -0.459 e. The van der Waals surface area contributed by atoms with E-state index in [1.165, 1.54) is 17.0 Å². The number of rotatable bonds is 11. The number of likely N-dealkylation sites (tertiary alicyclic amines) is 1. The number of alkyl carbamates (subject to hydrolysis) is 1. The van der Waals surface area contributed by atoms with Gasteiger partial charge in [-0.05, 0) is 62.8 Å². The number of carbonyl (C=O) groups excluding carboxylic acids is 4. The summed E-state index contributed by atoms with van der Waals surface area (Å²) in [6.45, 7) is 8.94. The van der Waals surface area contributed by atoms with Gasteiger partial charge in [0, 0.05) is 13.0 Å². The highest BCUT2D eigenvalue weighted by molar-refractivity contribution is 5.93. The van der Waals surface area contributed by atoms with E-state index in [-0.39, 0.29) is 18.9 Å². The molecule has 1 unspecified atom stereocenters. The monoisotopic (exact) mass is 633 g/mol. The second-order valence-electron chi connectivity index (χ2n) is 12.3. The minimum absolute atomic E-state index is 0.0612. The number of esters is 1. The Morgan fingerprint density at radius 2 is 1.60 bits per heavy atom. The van der Waals surface area contributed by atoms with Crippen molar-refractivity contribution in [1.29, 1.82) is 0 Å². The van der Waals surface area contributed by atoms with Crippen LogP contribution in [0.25, 0.3) is 0 Å². The van der Waals surface area contributed by atoms with Crippen molar-refractivity contribution in [1.82, 2.24) is 15.5 Å². The zero-order valence-electron chi connectivity index (χ0n) is 26.3. The molecular weight excluding hydrogens is 591 g/mol. The molecule has 1 heterocycles. The number of alkyl halides is 3. The standard InChI is InChI=1S/C33H42F3N3O6/c1-6-21(2)27(29(41)39-18-10-13-26(39)30(42)44-20-23-11-8-7-9-12-23)38-28(40)25(37-31(43)45-32(3,4)5)19-22-14-16-24(17-15-22)33(34,35)36/h7-9,11-12,14-17,21,25-27H,6,10,13,18-20H2,1-5H3,(H,37,43)(H,38,40)/t21?,25-,26+,27+/m0/s1. The third-order valence-electron chi connectivity index (χ3n) is 7.54. The summed E-state index contributed by atoms with van der Waals surface area (Å²) in [7, 11) is 0. The Bertz CT molecular complexity index is 1310. The van der Waals surface area contributed by atoms with Crippen LogP contribution < -0.4 is 10.6 Å². The van der Waals surface area contributed by atoms with Crippen molar-refractivity contribution in [3.05, 3.63) is 71.3 Å². The lowest BCUT2D eigenvalue weighted by Crippen LogP contribution is -2.58. The van der Waals surface area contributed by atoms with E-state index >= 15 is 0 Å². The van der Waals surface area contributed by atoms with Crippen molar-refractivity contribution < 1.29 is 41.8 Å². The van der Waals surface area contributed by atoms with Crippen LogP contribution in [0.15, 0.2) is 54.6 Å². The van der Waals surface area contributed by atoms with E-state index in [0.29, 0.717) is 31.4 Å². The molecule has 1 aliphatic heterocycles. The van der Waals surface area contributed by atoms with E-state index < -0.39 is 59.3 Å². The first kappa shape index (κ1) is 35.4. The van der Waals surface area contributed by atoms with E-state index in [2.05, 4.69) is 10.6 Å². The molecular formula is C33H42F3N3O6. The zero-order valence-corrected chi connectivity index (χ0v) is 26.3. The van der Waals surface area contributed by atoms with Crippen LogP contribution in [-0.2, 0) is 43.1 Å². The Morgan fingerprint density at radius 3 is 2.18 bits per heavy atom. The fourth-order valence-electron chi connectivity index (χ4n) is 4.94. The molecule has 4 atom stereocenters. The van der Waals surface area contributed by atoms with Crippen LogP contribution in [0.4, 0.5) is 18.0 Å². The molecule has 1 aliphatic rings. The van der Waals surface area contributed by atoms with Gasteiger partial charge in [-0.2, -0.15) is 13.2 Å². The van der Waals surface area contributed by atoms with Gasteiger partial charge >= 0.3 is 18.2 Å². The van der Waals surface area contributed by atoms with Gasteiger partial charge < -0.3 is 25.0 Å². The summed E-state index contributed by atoms with van der Waals surface area (Å²) in [6.07, 6.45) is -4.09. The van der Waals surface area contributed by atoms with Crippen LogP contribution in [0.3, 0.4) is 0 Å². The van der Waals surface area contributed by atoms with Gasteiger partial charge in [-0.1, -0.05) is 62.7 Å².